The Balaban J connectivity index is 1.66. The molecule has 0 fully saturated rings. The van der Waals surface area contributed by atoms with Gasteiger partial charge in [-0.2, -0.15) is 9.61 Å². The van der Waals surface area contributed by atoms with Gasteiger partial charge in [-0.3, -0.25) is 9.36 Å². The zero-order valence-corrected chi connectivity index (χ0v) is 16.1. The molecule has 0 spiro atoms. The summed E-state index contributed by atoms with van der Waals surface area (Å²) >= 11 is 0. The predicted octanol–water partition coefficient (Wildman–Crippen LogP) is 3.17. The molecule has 5 rings (SSSR count). The number of nitrogens with zero attached hydrogens (tertiary/aromatic N) is 6. The van der Waals surface area contributed by atoms with E-state index in [0.717, 1.165) is 22.4 Å². The first-order valence-corrected chi connectivity index (χ1v) is 9.34. The van der Waals surface area contributed by atoms with Gasteiger partial charge in [0, 0.05) is 0 Å². The zero-order valence-electron chi connectivity index (χ0n) is 16.1. The van der Waals surface area contributed by atoms with Gasteiger partial charge >= 0.3 is 0 Å². The van der Waals surface area contributed by atoms with Crippen molar-refractivity contribution in [2.24, 2.45) is 0 Å². The summed E-state index contributed by atoms with van der Waals surface area (Å²) in [6, 6.07) is 18.0. The van der Waals surface area contributed by atoms with Crippen LogP contribution in [0.5, 0.6) is 0 Å². The summed E-state index contributed by atoms with van der Waals surface area (Å²) in [7, 11) is 0. The van der Waals surface area contributed by atoms with E-state index in [2.05, 4.69) is 20.3 Å². The van der Waals surface area contributed by atoms with Crippen LogP contribution in [0.15, 0.2) is 65.7 Å². The van der Waals surface area contributed by atoms with Gasteiger partial charge in [0.25, 0.3) is 5.56 Å². The lowest BCUT2D eigenvalue weighted by molar-refractivity contribution is 0.736. The lowest BCUT2D eigenvalue weighted by atomic mass is 10.1. The van der Waals surface area contributed by atoms with Crippen LogP contribution in [-0.4, -0.2) is 29.4 Å². The molecule has 3 heterocycles. The number of aromatic nitrogens is 6. The molecule has 2 aromatic carbocycles. The minimum Gasteiger partial charge on any atom is -0.293 e. The molecule has 0 aliphatic heterocycles. The number of benzene rings is 2. The minimum atomic E-state index is -0.237. The van der Waals surface area contributed by atoms with Crippen LogP contribution in [0, 0.1) is 13.8 Å². The highest BCUT2D eigenvalue weighted by Gasteiger charge is 2.18. The van der Waals surface area contributed by atoms with E-state index >= 15 is 0 Å². The Hall–Kier alpha value is -3.87. The highest BCUT2D eigenvalue weighted by molar-refractivity contribution is 5.83. The molecule has 0 unspecified atom stereocenters. The molecule has 0 saturated heterocycles. The van der Waals surface area contributed by atoms with Crippen LogP contribution in [0.3, 0.4) is 0 Å². The number of aryl methyl sites for hydroxylation is 2. The Morgan fingerprint density at radius 1 is 0.897 bits per heavy atom. The van der Waals surface area contributed by atoms with Crippen molar-refractivity contribution in [2.45, 2.75) is 20.4 Å². The molecule has 3 aromatic heterocycles. The third-order valence-corrected chi connectivity index (χ3v) is 5.01. The molecule has 0 bridgehead atoms. The van der Waals surface area contributed by atoms with Crippen molar-refractivity contribution in [1.29, 1.82) is 0 Å². The third-order valence-electron chi connectivity index (χ3n) is 5.01. The van der Waals surface area contributed by atoms with E-state index in [-0.39, 0.29) is 11.1 Å². The Kier molecular flexibility index (Phi) is 3.94. The molecule has 0 N–H and O–H groups in total. The number of rotatable bonds is 3. The van der Waals surface area contributed by atoms with Crippen molar-refractivity contribution in [1.82, 2.24) is 29.4 Å². The molecule has 0 amide bonds. The fraction of sp³-hybridized carbons (Fsp3) is 0.136. The van der Waals surface area contributed by atoms with E-state index in [1.165, 1.54) is 5.56 Å². The van der Waals surface area contributed by atoms with Crippen molar-refractivity contribution in [2.75, 3.05) is 0 Å². The molecule has 0 aliphatic rings. The van der Waals surface area contributed by atoms with Crippen molar-refractivity contribution >= 4 is 16.8 Å². The van der Waals surface area contributed by atoms with Crippen LogP contribution in [-0.2, 0) is 6.54 Å². The standard InChI is InChI=1S/C22H18N6O/c1-14-8-10-16(11-9-14)12-27-13-23-21-19(22(27)29)24-25-20-18(15(2)26-28(20)21)17-6-4-3-5-7-17/h3-11,13H,12H2,1-2H3. The Morgan fingerprint density at radius 3 is 2.41 bits per heavy atom. The highest BCUT2D eigenvalue weighted by atomic mass is 16.1. The summed E-state index contributed by atoms with van der Waals surface area (Å²) in [5.41, 5.74) is 5.86. The van der Waals surface area contributed by atoms with Gasteiger partial charge in [0.2, 0.25) is 0 Å². The Morgan fingerprint density at radius 2 is 1.66 bits per heavy atom. The largest absolute Gasteiger partial charge is 0.293 e. The summed E-state index contributed by atoms with van der Waals surface area (Å²) in [6.45, 7) is 4.38. The SMILES string of the molecule is Cc1ccc(Cn2cnc3c(nnc4c(-c5ccccc5)c(C)nn43)c2=O)cc1. The van der Waals surface area contributed by atoms with Crippen LogP contribution in [0.4, 0.5) is 0 Å². The molecular formula is C22H18N6O. The molecule has 7 heteroatoms. The molecule has 0 saturated carbocycles. The van der Waals surface area contributed by atoms with E-state index < -0.39 is 0 Å². The van der Waals surface area contributed by atoms with Crippen molar-refractivity contribution in [3.05, 3.63) is 88.1 Å². The number of hydrogen-bond donors (Lipinski definition) is 0. The van der Waals surface area contributed by atoms with Crippen LogP contribution in [0.2, 0.25) is 0 Å². The van der Waals surface area contributed by atoms with Gasteiger partial charge < -0.3 is 0 Å². The number of fused-ring (bicyclic) bond motifs is 3. The monoisotopic (exact) mass is 382 g/mol. The first kappa shape index (κ1) is 17.2. The average Bonchev–Trinajstić information content (AvgIpc) is 3.08. The molecule has 29 heavy (non-hydrogen) atoms. The molecule has 0 radical (unpaired) electrons. The molecular weight excluding hydrogens is 364 g/mol. The predicted molar refractivity (Wildman–Crippen MR) is 111 cm³/mol. The fourth-order valence-electron chi connectivity index (χ4n) is 3.51. The van der Waals surface area contributed by atoms with Crippen molar-refractivity contribution in [3.8, 4) is 11.1 Å². The van der Waals surface area contributed by atoms with Gasteiger partial charge in [0.1, 0.15) is 6.33 Å². The van der Waals surface area contributed by atoms with Crippen LogP contribution >= 0.6 is 0 Å². The zero-order chi connectivity index (χ0) is 20.0. The summed E-state index contributed by atoms with van der Waals surface area (Å²) in [4.78, 5) is 17.5. The fourth-order valence-corrected chi connectivity index (χ4v) is 3.51. The normalized spacial score (nSPS) is 11.4. The quantitative estimate of drug-likeness (QED) is 0.479. The summed E-state index contributed by atoms with van der Waals surface area (Å²) in [6.07, 6.45) is 1.55. The molecule has 0 atom stereocenters. The number of hydrogen-bond acceptors (Lipinski definition) is 5. The maximum absolute atomic E-state index is 13.0. The summed E-state index contributed by atoms with van der Waals surface area (Å²) < 4.78 is 3.15. The van der Waals surface area contributed by atoms with Crippen LogP contribution < -0.4 is 5.56 Å². The maximum Gasteiger partial charge on any atom is 0.283 e. The third kappa shape index (κ3) is 2.87. The Labute approximate surface area is 166 Å². The average molecular weight is 382 g/mol. The molecule has 142 valence electrons. The highest BCUT2D eigenvalue weighted by Crippen LogP contribution is 2.27. The Bertz CT molecular complexity index is 1400. The van der Waals surface area contributed by atoms with Gasteiger partial charge in [-0.15, -0.1) is 10.2 Å². The van der Waals surface area contributed by atoms with Crippen LogP contribution in [0.1, 0.15) is 16.8 Å². The van der Waals surface area contributed by atoms with Gasteiger partial charge in [-0.1, -0.05) is 60.2 Å². The lowest BCUT2D eigenvalue weighted by Crippen LogP contribution is -2.23. The van der Waals surface area contributed by atoms with E-state index in [1.807, 2.05) is 68.4 Å². The summed E-state index contributed by atoms with van der Waals surface area (Å²) in [5, 5.41) is 13.1. The van der Waals surface area contributed by atoms with E-state index in [1.54, 1.807) is 15.4 Å². The molecule has 0 aliphatic carbocycles. The van der Waals surface area contributed by atoms with E-state index in [0.29, 0.717) is 17.8 Å². The van der Waals surface area contributed by atoms with Gasteiger partial charge in [-0.05, 0) is 25.0 Å². The lowest BCUT2D eigenvalue weighted by Gasteiger charge is -2.07. The van der Waals surface area contributed by atoms with E-state index in [4.69, 9.17) is 0 Å². The second kappa shape index (κ2) is 6.63. The van der Waals surface area contributed by atoms with E-state index in [9.17, 15) is 4.79 Å². The molecule has 5 aromatic rings. The topological polar surface area (TPSA) is 78.0 Å². The smallest absolute Gasteiger partial charge is 0.283 e. The van der Waals surface area contributed by atoms with Gasteiger partial charge in [0.05, 0.1) is 17.8 Å². The van der Waals surface area contributed by atoms with Gasteiger partial charge in [-0.25, -0.2) is 4.98 Å². The maximum atomic E-state index is 13.0. The second-order valence-electron chi connectivity index (χ2n) is 7.10. The first-order chi connectivity index (χ1) is 14.1. The molecule has 7 nitrogen and oxygen atoms in total. The minimum absolute atomic E-state index is 0.203. The first-order valence-electron chi connectivity index (χ1n) is 9.34. The summed E-state index contributed by atoms with van der Waals surface area (Å²) in [5.74, 6) is 0. The van der Waals surface area contributed by atoms with Crippen molar-refractivity contribution in [3.63, 3.8) is 0 Å². The van der Waals surface area contributed by atoms with Gasteiger partial charge in [0.15, 0.2) is 16.8 Å². The van der Waals surface area contributed by atoms with Crippen molar-refractivity contribution < 1.29 is 0 Å². The van der Waals surface area contributed by atoms with Crippen LogP contribution in [0.25, 0.3) is 27.9 Å². The second-order valence-corrected chi connectivity index (χ2v) is 7.10.